The smallest absolute Gasteiger partial charge is 0.350 e. The van der Waals surface area contributed by atoms with Gasteiger partial charge in [0.15, 0.2) is 0 Å². The van der Waals surface area contributed by atoms with E-state index in [0.29, 0.717) is 21.0 Å². The number of anilines is 1. The van der Waals surface area contributed by atoms with Gasteiger partial charge in [0.1, 0.15) is 12.6 Å². The van der Waals surface area contributed by atoms with Crippen molar-refractivity contribution >= 4 is 50.7 Å². The van der Waals surface area contributed by atoms with Gasteiger partial charge in [0.2, 0.25) is 21.8 Å². The number of halogens is 5. The van der Waals surface area contributed by atoms with E-state index in [1.54, 1.807) is 45.0 Å². The van der Waals surface area contributed by atoms with E-state index in [-0.39, 0.29) is 6.54 Å². The summed E-state index contributed by atoms with van der Waals surface area (Å²) in [6, 6.07) is 7.97. The highest BCUT2D eigenvalue weighted by molar-refractivity contribution is 7.92. The van der Waals surface area contributed by atoms with Gasteiger partial charge in [0.25, 0.3) is 0 Å². The van der Waals surface area contributed by atoms with Crippen molar-refractivity contribution in [3.8, 4) is 0 Å². The first kappa shape index (κ1) is 30.7. The molecule has 2 amide bonds. The summed E-state index contributed by atoms with van der Waals surface area (Å²) in [4.78, 5) is 27.5. The lowest BCUT2D eigenvalue weighted by Crippen LogP contribution is -2.54. The second-order valence-electron chi connectivity index (χ2n) is 9.49. The molecule has 37 heavy (non-hydrogen) atoms. The van der Waals surface area contributed by atoms with Gasteiger partial charge in [-0.1, -0.05) is 35.3 Å². The van der Waals surface area contributed by atoms with Crippen molar-refractivity contribution in [1.82, 2.24) is 10.2 Å². The van der Waals surface area contributed by atoms with Gasteiger partial charge in [0.05, 0.1) is 22.5 Å². The number of carbonyl (C=O) groups excluding carboxylic acids is 2. The summed E-state index contributed by atoms with van der Waals surface area (Å²) < 4.78 is 65.9. The van der Waals surface area contributed by atoms with E-state index in [0.717, 1.165) is 23.3 Å². The van der Waals surface area contributed by atoms with Crippen LogP contribution >= 0.6 is 23.2 Å². The van der Waals surface area contributed by atoms with Crippen molar-refractivity contribution in [2.45, 2.75) is 52.0 Å². The Hall–Kier alpha value is -2.50. The Balaban J connectivity index is 2.49. The first-order valence-corrected chi connectivity index (χ1v) is 13.6. The largest absolute Gasteiger partial charge is 0.417 e. The lowest BCUT2D eigenvalue weighted by atomic mass is 10.1. The van der Waals surface area contributed by atoms with Crippen molar-refractivity contribution in [1.29, 1.82) is 0 Å². The molecule has 0 aromatic heterocycles. The molecule has 0 aliphatic carbocycles. The second kappa shape index (κ2) is 11.5. The number of rotatable bonds is 8. The highest BCUT2D eigenvalue weighted by Crippen LogP contribution is 2.37. The summed E-state index contributed by atoms with van der Waals surface area (Å²) in [5.41, 5.74) is -1.66. The highest BCUT2D eigenvalue weighted by Gasteiger charge is 2.36. The lowest BCUT2D eigenvalue weighted by molar-refractivity contribution is -0.140. The van der Waals surface area contributed by atoms with Crippen molar-refractivity contribution in [3.63, 3.8) is 0 Å². The Bertz CT molecular complexity index is 1250. The Morgan fingerprint density at radius 1 is 1.03 bits per heavy atom. The summed E-state index contributed by atoms with van der Waals surface area (Å²) in [5.74, 6) is -1.30. The molecule has 1 N–H and O–H groups in total. The minimum atomic E-state index is -4.85. The molecule has 0 spiro atoms. The van der Waals surface area contributed by atoms with Crippen LogP contribution in [-0.4, -0.2) is 49.5 Å². The molecule has 0 saturated heterocycles. The zero-order chi connectivity index (χ0) is 28.3. The normalized spacial score (nSPS) is 13.1. The van der Waals surface area contributed by atoms with Gasteiger partial charge in [0, 0.05) is 17.1 Å². The lowest BCUT2D eigenvalue weighted by Gasteiger charge is -2.33. The predicted octanol–water partition coefficient (Wildman–Crippen LogP) is 5.11. The first-order valence-electron chi connectivity index (χ1n) is 11.0. The van der Waals surface area contributed by atoms with Gasteiger partial charge in [-0.3, -0.25) is 13.9 Å². The van der Waals surface area contributed by atoms with Crippen molar-refractivity contribution < 1.29 is 31.2 Å². The Morgan fingerprint density at radius 2 is 1.59 bits per heavy atom. The standard InChI is InChI=1S/C24H28Cl2F3N3O4S/c1-15(22(34)30-23(2,3)4)31(13-16-6-8-17(25)9-7-16)21(33)14-32(37(5,35)36)18-10-11-20(26)19(12-18)24(27,28)29/h6-12,15H,13-14H2,1-5H3,(H,30,34). The molecule has 1 unspecified atom stereocenters. The van der Waals surface area contributed by atoms with Gasteiger partial charge in [-0.05, 0) is 63.6 Å². The maximum absolute atomic E-state index is 13.5. The Kier molecular flexibility index (Phi) is 9.54. The molecule has 13 heteroatoms. The van der Waals surface area contributed by atoms with Crippen LogP contribution < -0.4 is 9.62 Å². The number of benzene rings is 2. The molecule has 0 aliphatic rings. The van der Waals surface area contributed by atoms with Crippen LogP contribution in [0.25, 0.3) is 0 Å². The van der Waals surface area contributed by atoms with E-state index in [1.807, 2.05) is 0 Å². The van der Waals surface area contributed by atoms with Gasteiger partial charge < -0.3 is 10.2 Å². The molecular weight excluding hydrogens is 554 g/mol. The topological polar surface area (TPSA) is 86.8 Å². The predicted molar refractivity (Wildman–Crippen MR) is 138 cm³/mol. The molecule has 0 radical (unpaired) electrons. The third-order valence-electron chi connectivity index (χ3n) is 5.15. The third kappa shape index (κ3) is 8.79. The molecular formula is C24H28Cl2F3N3O4S. The summed E-state index contributed by atoms with van der Waals surface area (Å²) in [6.45, 7) is 5.82. The zero-order valence-corrected chi connectivity index (χ0v) is 23.2. The Morgan fingerprint density at radius 3 is 2.08 bits per heavy atom. The van der Waals surface area contributed by atoms with E-state index in [9.17, 15) is 31.2 Å². The van der Waals surface area contributed by atoms with Crippen molar-refractivity contribution in [2.24, 2.45) is 0 Å². The molecule has 0 fully saturated rings. The molecule has 1 atom stereocenters. The number of alkyl halides is 3. The number of hydrogen-bond donors (Lipinski definition) is 1. The van der Waals surface area contributed by atoms with Gasteiger partial charge in [-0.25, -0.2) is 8.42 Å². The van der Waals surface area contributed by atoms with Crippen LogP contribution in [0.4, 0.5) is 18.9 Å². The number of nitrogens with one attached hydrogen (secondary N) is 1. The fraction of sp³-hybridized carbons (Fsp3) is 0.417. The van der Waals surface area contributed by atoms with Crippen molar-refractivity contribution in [2.75, 3.05) is 17.1 Å². The molecule has 204 valence electrons. The average Bonchev–Trinajstić information content (AvgIpc) is 2.74. The molecule has 0 aliphatic heterocycles. The molecule has 7 nitrogen and oxygen atoms in total. The number of sulfonamides is 1. The summed E-state index contributed by atoms with van der Waals surface area (Å²) >= 11 is 11.6. The number of hydrogen-bond acceptors (Lipinski definition) is 4. The van der Waals surface area contributed by atoms with Gasteiger partial charge in [-0.15, -0.1) is 0 Å². The molecule has 2 aromatic rings. The third-order valence-corrected chi connectivity index (χ3v) is 6.88. The highest BCUT2D eigenvalue weighted by atomic mass is 35.5. The number of nitrogens with zero attached hydrogens (tertiary/aromatic N) is 2. The van der Waals surface area contributed by atoms with E-state index >= 15 is 0 Å². The minimum absolute atomic E-state index is 0.0826. The molecule has 0 bridgehead atoms. The first-order chi connectivity index (χ1) is 16.8. The van der Waals surface area contributed by atoms with E-state index in [4.69, 9.17) is 23.2 Å². The molecule has 0 saturated carbocycles. The maximum Gasteiger partial charge on any atom is 0.417 e. The van der Waals surface area contributed by atoms with Crippen molar-refractivity contribution in [3.05, 3.63) is 63.6 Å². The van der Waals surface area contributed by atoms with Crippen LogP contribution in [-0.2, 0) is 32.3 Å². The molecule has 2 aromatic carbocycles. The van der Waals surface area contributed by atoms with Gasteiger partial charge in [-0.2, -0.15) is 13.2 Å². The van der Waals surface area contributed by atoms with Crippen LogP contribution in [0.5, 0.6) is 0 Å². The van der Waals surface area contributed by atoms with Crippen LogP contribution in [0.1, 0.15) is 38.8 Å². The monoisotopic (exact) mass is 581 g/mol. The second-order valence-corrected chi connectivity index (χ2v) is 12.2. The van der Waals surface area contributed by atoms with Gasteiger partial charge >= 0.3 is 6.18 Å². The SMILES string of the molecule is CC(C(=O)NC(C)(C)C)N(Cc1ccc(Cl)cc1)C(=O)CN(c1ccc(Cl)c(C(F)(F)F)c1)S(C)(=O)=O. The van der Waals surface area contributed by atoms with Crippen LogP contribution in [0, 0.1) is 0 Å². The average molecular weight is 582 g/mol. The van der Waals surface area contributed by atoms with E-state index in [2.05, 4.69) is 5.32 Å². The van der Waals surface area contributed by atoms with Crippen LogP contribution in [0.3, 0.4) is 0 Å². The quantitative estimate of drug-likeness (QED) is 0.469. The number of carbonyl (C=O) groups is 2. The van der Waals surface area contributed by atoms with E-state index < -0.39 is 62.4 Å². The molecule has 0 heterocycles. The van der Waals surface area contributed by atoms with Crippen LogP contribution in [0.15, 0.2) is 42.5 Å². The summed E-state index contributed by atoms with van der Waals surface area (Å²) in [5, 5.41) is 2.60. The zero-order valence-electron chi connectivity index (χ0n) is 20.9. The van der Waals surface area contributed by atoms with E-state index in [1.165, 1.54) is 6.92 Å². The minimum Gasteiger partial charge on any atom is -0.350 e. The molecule has 2 rings (SSSR count). The fourth-order valence-corrected chi connectivity index (χ4v) is 4.53. The van der Waals surface area contributed by atoms with Crippen LogP contribution in [0.2, 0.25) is 10.0 Å². The summed E-state index contributed by atoms with van der Waals surface area (Å²) in [6.07, 6.45) is -4.08. The number of amides is 2. The Labute approximate surface area is 224 Å². The maximum atomic E-state index is 13.5. The fourth-order valence-electron chi connectivity index (χ4n) is 3.34. The summed E-state index contributed by atoms with van der Waals surface area (Å²) in [7, 11) is -4.22.